The minimum atomic E-state index is -0.920. The number of carbonyl (C=O) groups is 1. The lowest BCUT2D eigenvalue weighted by atomic mass is 10.2. The molecule has 3 aromatic rings. The lowest BCUT2D eigenvalue weighted by Crippen LogP contribution is -2.02. The topological polar surface area (TPSA) is 55.1 Å². The monoisotopic (exact) mass is 364 g/mol. The second kappa shape index (κ2) is 4.65. The van der Waals surface area contributed by atoms with Crippen LogP contribution in [0.4, 0.5) is 0 Å². The summed E-state index contributed by atoms with van der Waals surface area (Å²) in [7, 11) is 0. The molecule has 2 aromatic heterocycles. The van der Waals surface area contributed by atoms with Gasteiger partial charge in [0.05, 0.1) is 20.5 Å². The van der Waals surface area contributed by atoms with E-state index < -0.39 is 5.97 Å². The van der Waals surface area contributed by atoms with Crippen LogP contribution in [-0.4, -0.2) is 20.6 Å². The zero-order valence-electron chi connectivity index (χ0n) is 9.75. The van der Waals surface area contributed by atoms with Crippen molar-refractivity contribution in [3.8, 4) is 5.69 Å². The molecule has 1 aromatic carbocycles. The fourth-order valence-corrected chi connectivity index (χ4v) is 2.87. The van der Waals surface area contributed by atoms with Crippen LogP contribution in [-0.2, 0) is 0 Å². The Balaban J connectivity index is 2.28. The number of para-hydroxylation sites is 1. The fourth-order valence-electron chi connectivity index (χ4n) is 2.04. The van der Waals surface area contributed by atoms with E-state index in [9.17, 15) is 4.79 Å². The summed E-state index contributed by atoms with van der Waals surface area (Å²) in [6.45, 7) is 0. The minimum absolute atomic E-state index is 0.300. The lowest BCUT2D eigenvalue weighted by Gasteiger charge is -2.08. The number of aromatic carboxylic acids is 1. The first-order valence-electron chi connectivity index (χ1n) is 5.63. The number of hydrogen-bond acceptors (Lipinski definition) is 2. The number of hydrogen-bond donors (Lipinski definition) is 1. The summed E-state index contributed by atoms with van der Waals surface area (Å²) >= 11 is 2.04. The molecule has 0 saturated carbocycles. The van der Waals surface area contributed by atoms with Crippen LogP contribution in [0.2, 0.25) is 0 Å². The average molecular weight is 364 g/mol. The van der Waals surface area contributed by atoms with E-state index in [4.69, 9.17) is 5.11 Å². The number of carboxylic acid groups (broad SMARTS) is 1. The Hall–Kier alpha value is -1.89. The molecular weight excluding hydrogens is 355 g/mol. The van der Waals surface area contributed by atoms with Gasteiger partial charge < -0.3 is 9.67 Å². The summed E-state index contributed by atoms with van der Waals surface area (Å²) in [5.74, 6) is -0.920. The van der Waals surface area contributed by atoms with Crippen LogP contribution >= 0.6 is 22.6 Å². The zero-order valence-corrected chi connectivity index (χ0v) is 11.9. The van der Waals surface area contributed by atoms with Crippen LogP contribution in [0, 0.1) is 3.70 Å². The van der Waals surface area contributed by atoms with Gasteiger partial charge in [-0.1, -0.05) is 18.2 Å². The minimum Gasteiger partial charge on any atom is -0.478 e. The van der Waals surface area contributed by atoms with Crippen molar-refractivity contribution in [3.05, 3.63) is 58.1 Å². The first-order valence-corrected chi connectivity index (χ1v) is 6.70. The molecule has 0 bridgehead atoms. The third-order valence-corrected chi connectivity index (χ3v) is 4.03. The Morgan fingerprint density at radius 3 is 2.74 bits per heavy atom. The molecule has 2 heterocycles. The molecule has 1 N–H and O–H groups in total. The summed E-state index contributed by atoms with van der Waals surface area (Å²) in [6.07, 6.45) is 3.50. The molecule has 3 rings (SSSR count). The molecular formula is C14H9IN2O2. The van der Waals surface area contributed by atoms with Crippen molar-refractivity contribution in [2.75, 3.05) is 0 Å². The quantitative estimate of drug-likeness (QED) is 0.710. The van der Waals surface area contributed by atoms with Gasteiger partial charge in [-0.3, -0.25) is 4.98 Å². The van der Waals surface area contributed by atoms with Gasteiger partial charge in [0.15, 0.2) is 0 Å². The van der Waals surface area contributed by atoms with Gasteiger partial charge in [0.2, 0.25) is 0 Å². The number of fused-ring (bicyclic) bond motifs is 1. The highest BCUT2D eigenvalue weighted by Gasteiger charge is 2.15. The third kappa shape index (κ3) is 1.99. The lowest BCUT2D eigenvalue weighted by molar-refractivity contribution is 0.0696. The number of nitrogens with zero attached hydrogens (tertiary/aromatic N) is 2. The van der Waals surface area contributed by atoms with Crippen molar-refractivity contribution in [3.63, 3.8) is 0 Å². The predicted molar refractivity (Wildman–Crippen MR) is 80.7 cm³/mol. The van der Waals surface area contributed by atoms with Gasteiger partial charge in [0.1, 0.15) is 0 Å². The van der Waals surface area contributed by atoms with E-state index in [1.807, 2.05) is 57.5 Å². The van der Waals surface area contributed by atoms with Crippen LogP contribution < -0.4 is 0 Å². The highest BCUT2D eigenvalue weighted by Crippen LogP contribution is 2.24. The molecule has 0 saturated heterocycles. The first kappa shape index (κ1) is 12.2. The maximum absolute atomic E-state index is 11.1. The van der Waals surface area contributed by atoms with Crippen LogP contribution in [0.15, 0.2) is 48.8 Å². The molecule has 0 aliphatic carbocycles. The van der Waals surface area contributed by atoms with Crippen LogP contribution in [0.5, 0.6) is 0 Å². The van der Waals surface area contributed by atoms with E-state index in [-0.39, 0.29) is 0 Å². The standard InChI is InChI=1S/C14H9IN2O2/c15-13-10(14(18)19)6-8-17(13)11-5-1-3-9-4-2-7-16-12(9)11/h1-8H,(H,18,19). The maximum atomic E-state index is 11.1. The van der Waals surface area contributed by atoms with E-state index in [1.165, 1.54) is 0 Å². The molecule has 4 nitrogen and oxygen atoms in total. The summed E-state index contributed by atoms with van der Waals surface area (Å²) in [5, 5.41) is 10.1. The summed E-state index contributed by atoms with van der Waals surface area (Å²) in [4.78, 5) is 15.5. The van der Waals surface area contributed by atoms with E-state index in [1.54, 1.807) is 18.5 Å². The van der Waals surface area contributed by atoms with Crippen molar-refractivity contribution in [1.82, 2.24) is 9.55 Å². The fraction of sp³-hybridized carbons (Fsp3) is 0. The molecule has 0 aliphatic rings. The van der Waals surface area contributed by atoms with Gasteiger partial charge in [-0.15, -0.1) is 0 Å². The summed E-state index contributed by atoms with van der Waals surface area (Å²) in [6, 6.07) is 11.3. The number of carboxylic acids is 1. The molecule has 0 spiro atoms. The molecule has 0 unspecified atom stereocenters. The van der Waals surface area contributed by atoms with Gasteiger partial charge in [-0.05, 0) is 40.8 Å². The number of halogens is 1. The van der Waals surface area contributed by atoms with Gasteiger partial charge in [-0.2, -0.15) is 0 Å². The van der Waals surface area contributed by atoms with Crippen molar-refractivity contribution in [2.45, 2.75) is 0 Å². The van der Waals surface area contributed by atoms with E-state index >= 15 is 0 Å². The Kier molecular flexibility index (Phi) is 2.98. The van der Waals surface area contributed by atoms with E-state index in [0.717, 1.165) is 16.6 Å². The normalized spacial score (nSPS) is 10.8. The Bertz CT molecular complexity index is 775. The Morgan fingerprint density at radius 1 is 1.21 bits per heavy atom. The van der Waals surface area contributed by atoms with Gasteiger partial charge >= 0.3 is 5.97 Å². The molecule has 0 fully saturated rings. The molecule has 19 heavy (non-hydrogen) atoms. The van der Waals surface area contributed by atoms with Crippen LogP contribution in [0.25, 0.3) is 16.6 Å². The second-order valence-corrected chi connectivity index (χ2v) is 5.07. The van der Waals surface area contributed by atoms with Gasteiger partial charge in [0.25, 0.3) is 0 Å². The first-order chi connectivity index (χ1) is 9.18. The largest absolute Gasteiger partial charge is 0.478 e. The number of benzene rings is 1. The third-order valence-electron chi connectivity index (χ3n) is 2.93. The number of rotatable bonds is 2. The summed E-state index contributed by atoms with van der Waals surface area (Å²) in [5.41, 5.74) is 2.04. The second-order valence-electron chi connectivity index (χ2n) is 4.05. The molecule has 0 radical (unpaired) electrons. The Morgan fingerprint density at radius 2 is 2.00 bits per heavy atom. The Labute approximate surface area is 122 Å². The predicted octanol–water partition coefficient (Wildman–Crippen LogP) is 3.33. The van der Waals surface area contributed by atoms with Crippen molar-refractivity contribution < 1.29 is 9.90 Å². The van der Waals surface area contributed by atoms with Crippen LogP contribution in [0.1, 0.15) is 10.4 Å². The smallest absolute Gasteiger partial charge is 0.338 e. The van der Waals surface area contributed by atoms with Crippen LogP contribution in [0.3, 0.4) is 0 Å². The highest BCUT2D eigenvalue weighted by molar-refractivity contribution is 14.1. The van der Waals surface area contributed by atoms with Crippen molar-refractivity contribution in [1.29, 1.82) is 0 Å². The molecule has 0 aliphatic heterocycles. The highest BCUT2D eigenvalue weighted by atomic mass is 127. The average Bonchev–Trinajstić information content (AvgIpc) is 2.80. The number of pyridine rings is 1. The van der Waals surface area contributed by atoms with Crippen molar-refractivity contribution in [2.24, 2.45) is 0 Å². The molecule has 94 valence electrons. The van der Waals surface area contributed by atoms with E-state index in [0.29, 0.717) is 9.26 Å². The molecule has 0 amide bonds. The SMILES string of the molecule is O=C(O)c1ccn(-c2cccc3cccnc23)c1I. The van der Waals surface area contributed by atoms with Gasteiger partial charge in [-0.25, -0.2) is 4.79 Å². The molecule has 5 heteroatoms. The zero-order chi connectivity index (χ0) is 13.4. The van der Waals surface area contributed by atoms with Crippen molar-refractivity contribution >= 4 is 39.5 Å². The van der Waals surface area contributed by atoms with Gasteiger partial charge in [0, 0.05) is 17.8 Å². The maximum Gasteiger partial charge on any atom is 0.338 e. The molecule has 0 atom stereocenters. The number of aromatic nitrogens is 2. The van der Waals surface area contributed by atoms with E-state index in [2.05, 4.69) is 4.98 Å². The summed E-state index contributed by atoms with van der Waals surface area (Å²) < 4.78 is 2.52.